The highest BCUT2D eigenvalue weighted by Gasteiger charge is 2.30. The zero-order valence-electron chi connectivity index (χ0n) is 12.0. The van der Waals surface area contributed by atoms with Gasteiger partial charge in [0.1, 0.15) is 0 Å². The number of hydrogen-bond acceptors (Lipinski definition) is 4. The second kappa shape index (κ2) is 6.11. The fraction of sp³-hybridized carbons (Fsp3) is 0.571. The van der Waals surface area contributed by atoms with E-state index in [-0.39, 0.29) is 24.5 Å². The predicted octanol–water partition coefficient (Wildman–Crippen LogP) is 1.65. The van der Waals surface area contributed by atoms with Crippen LogP contribution in [0.15, 0.2) is 24.3 Å². The first-order valence-electron chi connectivity index (χ1n) is 6.88. The summed E-state index contributed by atoms with van der Waals surface area (Å²) in [7, 11) is -3.36. The Morgan fingerprint density at radius 3 is 2.80 bits per heavy atom. The third kappa shape index (κ3) is 3.31. The molecule has 1 aliphatic rings. The average Bonchev–Trinajstić information content (AvgIpc) is 2.38. The predicted molar refractivity (Wildman–Crippen MR) is 80.2 cm³/mol. The Balaban J connectivity index is 2.19. The normalized spacial score (nSPS) is 19.2. The molecule has 112 valence electrons. The molecule has 0 aromatic heterocycles. The summed E-state index contributed by atoms with van der Waals surface area (Å²) in [6.45, 7) is 4.43. The number of rotatable bonds is 5. The summed E-state index contributed by atoms with van der Waals surface area (Å²) in [6.07, 6.45) is 0.675. The van der Waals surface area contributed by atoms with Crippen molar-refractivity contribution in [2.75, 3.05) is 23.2 Å². The van der Waals surface area contributed by atoms with Crippen LogP contribution >= 0.6 is 0 Å². The number of fused-ring (bicyclic) bond motifs is 1. The van der Waals surface area contributed by atoms with Crippen LogP contribution in [0.25, 0.3) is 0 Å². The molecule has 20 heavy (non-hydrogen) atoms. The number of nitrogens with zero attached hydrogens (tertiary/aromatic N) is 1. The van der Waals surface area contributed by atoms with E-state index in [2.05, 4.69) is 0 Å². The Morgan fingerprint density at radius 2 is 2.10 bits per heavy atom. The molecule has 0 aliphatic carbocycles. The van der Waals surface area contributed by atoms with Crippen molar-refractivity contribution in [2.45, 2.75) is 32.4 Å². The highest BCUT2D eigenvalue weighted by atomic mass is 32.2. The standard InChI is InChI=1S/C14H22N2O3S/c1-11(2)19-9-10-20(17,18)16-8-7-13(15)12-5-3-4-6-14(12)16/h3-6,11,13H,7-10,15H2,1-2H3. The second-order valence-corrected chi connectivity index (χ2v) is 7.27. The van der Waals surface area contributed by atoms with E-state index in [1.54, 1.807) is 0 Å². The SMILES string of the molecule is CC(C)OCCS(=O)(=O)N1CCC(N)c2ccccc21. The van der Waals surface area contributed by atoms with Crippen LogP contribution in [-0.2, 0) is 14.8 Å². The lowest BCUT2D eigenvalue weighted by Crippen LogP contribution is -2.40. The molecule has 5 nitrogen and oxygen atoms in total. The monoisotopic (exact) mass is 298 g/mol. The van der Waals surface area contributed by atoms with E-state index in [1.807, 2.05) is 38.1 Å². The van der Waals surface area contributed by atoms with Gasteiger partial charge < -0.3 is 10.5 Å². The van der Waals surface area contributed by atoms with Gasteiger partial charge in [0.15, 0.2) is 0 Å². The maximum Gasteiger partial charge on any atom is 0.237 e. The maximum absolute atomic E-state index is 12.4. The largest absolute Gasteiger partial charge is 0.378 e. The Kier molecular flexibility index (Phi) is 4.67. The molecule has 0 radical (unpaired) electrons. The molecule has 1 aromatic carbocycles. The van der Waals surface area contributed by atoms with Crippen molar-refractivity contribution in [3.8, 4) is 0 Å². The van der Waals surface area contributed by atoms with Gasteiger partial charge in [-0.2, -0.15) is 0 Å². The van der Waals surface area contributed by atoms with Crippen LogP contribution in [0.1, 0.15) is 31.9 Å². The quantitative estimate of drug-likeness (QED) is 0.897. The Morgan fingerprint density at radius 1 is 1.40 bits per heavy atom. The van der Waals surface area contributed by atoms with E-state index in [9.17, 15) is 8.42 Å². The molecule has 0 amide bonds. The van der Waals surface area contributed by atoms with E-state index in [0.717, 1.165) is 5.56 Å². The number of hydrogen-bond donors (Lipinski definition) is 1. The van der Waals surface area contributed by atoms with Gasteiger partial charge in [0, 0.05) is 12.6 Å². The summed E-state index contributed by atoms with van der Waals surface area (Å²) in [5.74, 6) is -0.00521. The maximum atomic E-state index is 12.4. The molecule has 1 heterocycles. The third-order valence-electron chi connectivity index (χ3n) is 3.38. The molecule has 1 atom stereocenters. The summed E-state index contributed by atoms with van der Waals surface area (Å²) >= 11 is 0. The van der Waals surface area contributed by atoms with Crippen molar-refractivity contribution < 1.29 is 13.2 Å². The van der Waals surface area contributed by atoms with E-state index in [1.165, 1.54) is 4.31 Å². The molecule has 0 fully saturated rings. The zero-order chi connectivity index (χ0) is 14.8. The fourth-order valence-corrected chi connectivity index (χ4v) is 3.73. The minimum absolute atomic E-state index is 0.00521. The van der Waals surface area contributed by atoms with Gasteiger partial charge in [-0.05, 0) is 31.9 Å². The van der Waals surface area contributed by atoms with Crippen molar-refractivity contribution in [3.63, 3.8) is 0 Å². The van der Waals surface area contributed by atoms with Crippen LogP contribution < -0.4 is 10.0 Å². The number of para-hydroxylation sites is 1. The Labute approximate surface area is 120 Å². The molecule has 2 rings (SSSR count). The van der Waals surface area contributed by atoms with Gasteiger partial charge >= 0.3 is 0 Å². The van der Waals surface area contributed by atoms with Crippen LogP contribution in [0.3, 0.4) is 0 Å². The summed E-state index contributed by atoms with van der Waals surface area (Å²) in [4.78, 5) is 0. The highest BCUT2D eigenvalue weighted by molar-refractivity contribution is 7.92. The lowest BCUT2D eigenvalue weighted by atomic mass is 9.99. The average molecular weight is 298 g/mol. The topological polar surface area (TPSA) is 72.6 Å². The number of anilines is 1. The van der Waals surface area contributed by atoms with Gasteiger partial charge in [-0.15, -0.1) is 0 Å². The Bertz CT molecular complexity index is 557. The smallest absolute Gasteiger partial charge is 0.237 e. The fourth-order valence-electron chi connectivity index (χ4n) is 2.35. The van der Waals surface area contributed by atoms with Gasteiger partial charge in [-0.25, -0.2) is 8.42 Å². The number of nitrogens with two attached hydrogens (primary N) is 1. The van der Waals surface area contributed by atoms with Crippen molar-refractivity contribution in [2.24, 2.45) is 5.73 Å². The first-order valence-corrected chi connectivity index (χ1v) is 8.49. The minimum Gasteiger partial charge on any atom is -0.378 e. The van der Waals surface area contributed by atoms with Crippen molar-refractivity contribution >= 4 is 15.7 Å². The molecule has 1 aliphatic heterocycles. The van der Waals surface area contributed by atoms with Crippen LogP contribution in [0.4, 0.5) is 5.69 Å². The van der Waals surface area contributed by atoms with Gasteiger partial charge in [0.05, 0.1) is 24.2 Å². The molecule has 2 N–H and O–H groups in total. The van der Waals surface area contributed by atoms with Crippen LogP contribution in [-0.4, -0.2) is 33.4 Å². The van der Waals surface area contributed by atoms with Crippen LogP contribution in [0.5, 0.6) is 0 Å². The summed E-state index contributed by atoms with van der Waals surface area (Å²) in [5, 5.41) is 0. The molecule has 1 aromatic rings. The molecule has 0 bridgehead atoms. The van der Waals surface area contributed by atoms with Gasteiger partial charge in [0.2, 0.25) is 10.0 Å². The van der Waals surface area contributed by atoms with E-state index >= 15 is 0 Å². The second-order valence-electron chi connectivity index (χ2n) is 5.26. The van der Waals surface area contributed by atoms with Crippen LogP contribution in [0.2, 0.25) is 0 Å². The van der Waals surface area contributed by atoms with Gasteiger partial charge in [-0.3, -0.25) is 4.31 Å². The van der Waals surface area contributed by atoms with Gasteiger partial charge in [0.25, 0.3) is 0 Å². The molecule has 6 heteroatoms. The van der Waals surface area contributed by atoms with E-state index < -0.39 is 10.0 Å². The van der Waals surface area contributed by atoms with Gasteiger partial charge in [-0.1, -0.05) is 18.2 Å². The number of benzene rings is 1. The van der Waals surface area contributed by atoms with Crippen molar-refractivity contribution in [1.29, 1.82) is 0 Å². The summed E-state index contributed by atoms with van der Waals surface area (Å²) < 4.78 is 31.7. The summed E-state index contributed by atoms with van der Waals surface area (Å²) in [6, 6.07) is 7.34. The molecule has 1 unspecified atom stereocenters. The number of ether oxygens (including phenoxy) is 1. The molecular formula is C14H22N2O3S. The van der Waals surface area contributed by atoms with Crippen LogP contribution in [0, 0.1) is 0 Å². The first-order chi connectivity index (χ1) is 9.42. The highest BCUT2D eigenvalue weighted by Crippen LogP contribution is 2.33. The number of sulfonamides is 1. The van der Waals surface area contributed by atoms with Crippen molar-refractivity contribution in [1.82, 2.24) is 0 Å². The van der Waals surface area contributed by atoms with E-state index in [0.29, 0.717) is 18.7 Å². The Hall–Kier alpha value is -1.11. The van der Waals surface area contributed by atoms with E-state index in [4.69, 9.17) is 10.5 Å². The lowest BCUT2D eigenvalue weighted by Gasteiger charge is -2.33. The molecule has 0 saturated heterocycles. The lowest BCUT2D eigenvalue weighted by molar-refractivity contribution is 0.0912. The summed E-state index contributed by atoms with van der Waals surface area (Å²) in [5.41, 5.74) is 7.65. The molecule has 0 saturated carbocycles. The van der Waals surface area contributed by atoms with Crippen molar-refractivity contribution in [3.05, 3.63) is 29.8 Å². The molecular weight excluding hydrogens is 276 g/mol. The zero-order valence-corrected chi connectivity index (χ0v) is 12.8. The minimum atomic E-state index is -3.36. The first kappa shape index (κ1) is 15.3. The third-order valence-corrected chi connectivity index (χ3v) is 5.11. The molecule has 0 spiro atoms.